The molecule has 38 heavy (non-hydrogen) atoms. The van der Waals surface area contributed by atoms with Crippen LogP contribution in [0.25, 0.3) is 27.4 Å². The van der Waals surface area contributed by atoms with E-state index in [-0.39, 0.29) is 11.4 Å². The lowest BCUT2D eigenvalue weighted by molar-refractivity contribution is 0.0544. The van der Waals surface area contributed by atoms with Crippen LogP contribution in [0.4, 0.5) is 0 Å². The van der Waals surface area contributed by atoms with Crippen LogP contribution in [0.1, 0.15) is 54.4 Å². The number of aryl methyl sites for hydroxylation is 1. The van der Waals surface area contributed by atoms with E-state index in [2.05, 4.69) is 52.8 Å². The molecule has 0 fully saturated rings. The first-order valence-corrected chi connectivity index (χ1v) is 13.4. The Morgan fingerprint density at radius 2 is 2.00 bits per heavy atom. The van der Waals surface area contributed by atoms with Crippen molar-refractivity contribution in [3.8, 4) is 28.3 Å². The Kier molecular flexibility index (Phi) is 7.24. The van der Waals surface area contributed by atoms with E-state index in [4.69, 9.17) is 22.1 Å². The van der Waals surface area contributed by atoms with Crippen LogP contribution >= 0.6 is 12.6 Å². The molecule has 0 spiro atoms. The number of methoxy groups -OCH3 is 1. The predicted octanol–water partition coefficient (Wildman–Crippen LogP) is 4.79. The molecule has 0 radical (unpaired) electrons. The summed E-state index contributed by atoms with van der Waals surface area (Å²) < 4.78 is 14.1. The highest BCUT2D eigenvalue weighted by molar-refractivity contribution is 7.90. The number of carbonyl (C=O) groups is 1. The van der Waals surface area contributed by atoms with Gasteiger partial charge in [0.05, 0.1) is 31.3 Å². The minimum atomic E-state index is -0.326. The first-order chi connectivity index (χ1) is 18.3. The zero-order valence-corrected chi connectivity index (χ0v) is 23.6. The number of nitrogens with one attached hydrogen (secondary N) is 1. The monoisotopic (exact) mass is 533 g/mol. The fraction of sp³-hybridized carbons (Fsp3) is 0.414. The average Bonchev–Trinajstić information content (AvgIpc) is 3.26. The van der Waals surface area contributed by atoms with Gasteiger partial charge in [0.25, 0.3) is 5.91 Å². The molecule has 9 heteroatoms. The topological polar surface area (TPSA) is 81.5 Å². The summed E-state index contributed by atoms with van der Waals surface area (Å²) in [6.45, 7) is 8.50. The van der Waals surface area contributed by atoms with E-state index >= 15 is 0 Å². The Morgan fingerprint density at radius 1 is 1.18 bits per heavy atom. The third kappa shape index (κ3) is 4.58. The Morgan fingerprint density at radius 3 is 2.68 bits per heavy atom. The number of carbonyl (C=O) groups excluding carboxylic acids is 1. The molecule has 1 amide bonds. The largest absolute Gasteiger partial charge is 0.496 e. The van der Waals surface area contributed by atoms with Crippen LogP contribution in [-0.2, 0) is 24.3 Å². The quantitative estimate of drug-likeness (QED) is 0.470. The highest BCUT2D eigenvalue weighted by Gasteiger charge is 2.37. The van der Waals surface area contributed by atoms with Crippen LogP contribution < -0.4 is 10.1 Å². The van der Waals surface area contributed by atoms with Crippen LogP contribution in [-0.4, -0.2) is 58.2 Å². The van der Waals surface area contributed by atoms with Gasteiger partial charge in [-0.1, -0.05) is 0 Å². The lowest BCUT2D eigenvalue weighted by Gasteiger charge is -2.36. The standard InChI is InChI=1S/C29H35N5O3S/c1-29(2,3)34-10-6-12-37-17-21-25(24(38)16-30-4)26-19-14-20(22-15-31-8-9-32-22)23(36-5)13-18(19)7-11-33(26)27(21)28(34)35/h8-9,13-16,30,38H,6-7,10-12,17H2,1-5H3/b24-16-. The molecule has 200 valence electrons. The van der Waals surface area contributed by atoms with E-state index in [1.54, 1.807) is 25.7 Å². The smallest absolute Gasteiger partial charge is 0.271 e. The number of ether oxygens (including phenoxy) is 2. The molecule has 0 saturated heterocycles. The summed E-state index contributed by atoms with van der Waals surface area (Å²) in [5.41, 5.74) is 6.87. The van der Waals surface area contributed by atoms with Gasteiger partial charge < -0.3 is 24.3 Å². The summed E-state index contributed by atoms with van der Waals surface area (Å²) in [6.07, 6.45) is 8.48. The van der Waals surface area contributed by atoms with Crippen molar-refractivity contribution in [3.05, 3.63) is 59.3 Å². The van der Waals surface area contributed by atoms with Crippen LogP contribution in [0.15, 0.2) is 36.9 Å². The number of amides is 1. The van der Waals surface area contributed by atoms with E-state index in [0.717, 1.165) is 62.7 Å². The highest BCUT2D eigenvalue weighted by atomic mass is 32.1. The first-order valence-electron chi connectivity index (χ1n) is 13.0. The van der Waals surface area contributed by atoms with Gasteiger partial charge in [-0.2, -0.15) is 0 Å². The van der Waals surface area contributed by atoms with Gasteiger partial charge in [0.1, 0.15) is 11.4 Å². The van der Waals surface area contributed by atoms with Gasteiger partial charge in [-0.3, -0.25) is 14.8 Å². The third-order valence-electron chi connectivity index (χ3n) is 7.20. The number of benzene rings is 1. The molecule has 4 heterocycles. The van der Waals surface area contributed by atoms with E-state index in [1.165, 1.54) is 0 Å². The van der Waals surface area contributed by atoms with Crippen LogP contribution in [0, 0.1) is 0 Å². The lowest BCUT2D eigenvalue weighted by atomic mass is 9.92. The van der Waals surface area contributed by atoms with Gasteiger partial charge in [0.15, 0.2) is 0 Å². The van der Waals surface area contributed by atoms with Crippen molar-refractivity contribution in [2.24, 2.45) is 0 Å². The molecule has 0 atom stereocenters. The number of hydrogen-bond donors (Lipinski definition) is 2. The molecule has 0 aliphatic carbocycles. The summed E-state index contributed by atoms with van der Waals surface area (Å²) in [4.78, 5) is 25.8. The number of hydrogen-bond acceptors (Lipinski definition) is 7. The van der Waals surface area contributed by atoms with Crippen molar-refractivity contribution in [2.45, 2.75) is 52.3 Å². The van der Waals surface area contributed by atoms with Gasteiger partial charge in [-0.15, -0.1) is 12.6 Å². The van der Waals surface area contributed by atoms with Crippen LogP contribution in [0.3, 0.4) is 0 Å². The van der Waals surface area contributed by atoms with Crippen LogP contribution in [0.5, 0.6) is 5.75 Å². The molecule has 2 aromatic heterocycles. The summed E-state index contributed by atoms with van der Waals surface area (Å²) in [6, 6.07) is 4.20. The van der Waals surface area contributed by atoms with Gasteiger partial charge in [-0.05, 0) is 51.3 Å². The maximum Gasteiger partial charge on any atom is 0.271 e. The molecule has 5 rings (SSSR count). The molecule has 1 N–H and O–H groups in total. The molecular weight excluding hydrogens is 498 g/mol. The number of rotatable bonds is 4. The fourth-order valence-corrected chi connectivity index (χ4v) is 5.87. The van der Waals surface area contributed by atoms with Gasteiger partial charge in [0.2, 0.25) is 0 Å². The van der Waals surface area contributed by atoms with Gasteiger partial charge in [0, 0.05) is 78.0 Å². The van der Waals surface area contributed by atoms with Crippen molar-refractivity contribution in [1.82, 2.24) is 24.8 Å². The SMILES string of the molecule is CN/C=C(\S)c1c2c(n3c1-c1cc(-c4cnccn4)c(OC)cc1CC3)C(=O)N(C(C)(C)C)CCCOC2. The maximum atomic E-state index is 14.3. The number of aromatic nitrogens is 3. The Labute approximate surface area is 229 Å². The van der Waals surface area contributed by atoms with E-state index in [1.807, 2.05) is 18.1 Å². The molecule has 3 aromatic rings. The lowest BCUT2D eigenvalue weighted by Crippen LogP contribution is -2.47. The van der Waals surface area contributed by atoms with Crippen molar-refractivity contribution in [2.75, 3.05) is 27.3 Å². The molecule has 0 saturated carbocycles. The molecular formula is C29H35N5O3S. The van der Waals surface area contributed by atoms with Gasteiger partial charge >= 0.3 is 0 Å². The Hall–Kier alpha value is -3.30. The molecule has 2 aliphatic heterocycles. The number of fused-ring (bicyclic) bond motifs is 5. The fourth-order valence-electron chi connectivity index (χ4n) is 5.50. The summed E-state index contributed by atoms with van der Waals surface area (Å²) >= 11 is 4.92. The number of nitrogens with zero attached hydrogens (tertiary/aromatic N) is 4. The molecule has 0 bridgehead atoms. The third-order valence-corrected chi connectivity index (χ3v) is 7.55. The van der Waals surface area contributed by atoms with E-state index in [9.17, 15) is 4.79 Å². The summed E-state index contributed by atoms with van der Waals surface area (Å²) in [5, 5.41) is 3.11. The molecule has 1 aromatic carbocycles. The Bertz CT molecular complexity index is 1390. The zero-order chi connectivity index (χ0) is 27.0. The molecule has 8 nitrogen and oxygen atoms in total. The van der Waals surface area contributed by atoms with Crippen LogP contribution in [0.2, 0.25) is 0 Å². The highest BCUT2D eigenvalue weighted by Crippen LogP contribution is 2.46. The number of thiol groups is 1. The first kappa shape index (κ1) is 26.3. The van der Waals surface area contributed by atoms with Crippen molar-refractivity contribution >= 4 is 23.4 Å². The molecule has 0 unspecified atom stereocenters. The second-order valence-corrected chi connectivity index (χ2v) is 11.1. The normalized spacial score (nSPS) is 16.1. The van der Waals surface area contributed by atoms with E-state index < -0.39 is 0 Å². The minimum Gasteiger partial charge on any atom is -0.496 e. The van der Waals surface area contributed by atoms with E-state index in [0.29, 0.717) is 32.0 Å². The Balaban J connectivity index is 1.82. The van der Waals surface area contributed by atoms with Crippen molar-refractivity contribution < 1.29 is 14.3 Å². The molecule has 2 aliphatic rings. The summed E-state index contributed by atoms with van der Waals surface area (Å²) in [7, 11) is 3.52. The van der Waals surface area contributed by atoms with Gasteiger partial charge in [-0.25, -0.2) is 0 Å². The van der Waals surface area contributed by atoms with Crippen molar-refractivity contribution in [1.29, 1.82) is 0 Å². The summed E-state index contributed by atoms with van der Waals surface area (Å²) in [5.74, 6) is 0.776. The maximum absolute atomic E-state index is 14.3. The minimum absolute atomic E-state index is 0.0298. The predicted molar refractivity (Wildman–Crippen MR) is 152 cm³/mol. The second kappa shape index (κ2) is 10.5. The second-order valence-electron chi connectivity index (χ2n) is 10.6. The zero-order valence-electron chi connectivity index (χ0n) is 22.7. The average molecular weight is 534 g/mol. The van der Waals surface area contributed by atoms with Crippen molar-refractivity contribution in [3.63, 3.8) is 0 Å².